The molecule has 2 saturated heterocycles. The third-order valence-electron chi connectivity index (χ3n) is 3.69. The normalized spacial score (nSPS) is 30.4. The molecule has 110 valence electrons. The van der Waals surface area contributed by atoms with Crippen LogP contribution in [0.5, 0.6) is 0 Å². The van der Waals surface area contributed by atoms with Crippen molar-refractivity contribution in [1.29, 1.82) is 0 Å². The summed E-state index contributed by atoms with van der Waals surface area (Å²) in [6, 6.07) is 0. The molecule has 2 atom stereocenters. The Hall–Kier alpha value is -1.31. The van der Waals surface area contributed by atoms with Crippen LogP contribution in [0.4, 0.5) is 10.3 Å². The third-order valence-corrected chi connectivity index (χ3v) is 3.69. The molecular formula is C13H19FN4O2. The van der Waals surface area contributed by atoms with E-state index >= 15 is 0 Å². The van der Waals surface area contributed by atoms with Crippen molar-refractivity contribution < 1.29 is 13.9 Å². The van der Waals surface area contributed by atoms with Crippen LogP contribution >= 0.6 is 0 Å². The fraction of sp³-hybridized carbons (Fsp3) is 0.692. The average Bonchev–Trinajstić information content (AvgIpc) is 2.71. The molecule has 1 aromatic heterocycles. The molecule has 0 aromatic carbocycles. The van der Waals surface area contributed by atoms with Crippen molar-refractivity contribution in [2.45, 2.75) is 12.0 Å². The highest BCUT2D eigenvalue weighted by molar-refractivity contribution is 5.22. The molecule has 3 rings (SSSR count). The molecule has 0 aliphatic carbocycles. The summed E-state index contributed by atoms with van der Waals surface area (Å²) in [5.74, 6) is 0.398. The number of nitrogens with one attached hydrogen (secondary N) is 2. The first-order chi connectivity index (χ1) is 9.76. The fourth-order valence-corrected chi connectivity index (χ4v) is 2.70. The largest absolute Gasteiger partial charge is 0.377 e. The summed E-state index contributed by atoms with van der Waals surface area (Å²) in [6.07, 6.45) is 3.25. The summed E-state index contributed by atoms with van der Waals surface area (Å²) >= 11 is 0. The molecular weight excluding hydrogens is 263 g/mol. The van der Waals surface area contributed by atoms with Gasteiger partial charge in [0.05, 0.1) is 32.2 Å². The molecule has 2 aliphatic heterocycles. The zero-order valence-corrected chi connectivity index (χ0v) is 11.3. The molecule has 2 fully saturated rings. The maximum atomic E-state index is 12.7. The molecule has 0 radical (unpaired) electrons. The number of anilines is 1. The summed E-state index contributed by atoms with van der Waals surface area (Å²) in [4.78, 5) is 7.77. The Morgan fingerprint density at radius 2 is 2.30 bits per heavy atom. The minimum atomic E-state index is -0.430. The van der Waals surface area contributed by atoms with Crippen molar-refractivity contribution in [2.24, 2.45) is 5.92 Å². The van der Waals surface area contributed by atoms with E-state index in [2.05, 4.69) is 20.6 Å². The average molecular weight is 282 g/mol. The van der Waals surface area contributed by atoms with Crippen LogP contribution in [0.1, 0.15) is 6.42 Å². The van der Waals surface area contributed by atoms with Gasteiger partial charge in [-0.3, -0.25) is 0 Å². The van der Waals surface area contributed by atoms with Crippen LogP contribution in [-0.2, 0) is 9.47 Å². The van der Waals surface area contributed by atoms with Crippen LogP contribution in [0.25, 0.3) is 0 Å². The molecule has 6 nitrogen and oxygen atoms in total. The van der Waals surface area contributed by atoms with Gasteiger partial charge in [-0.25, -0.2) is 14.4 Å². The number of ether oxygens (including phenoxy) is 2. The highest BCUT2D eigenvalue weighted by atomic mass is 19.1. The van der Waals surface area contributed by atoms with Gasteiger partial charge in [0.15, 0.2) is 5.82 Å². The molecule has 0 saturated carbocycles. The first-order valence-corrected chi connectivity index (χ1v) is 6.90. The lowest BCUT2D eigenvalue weighted by Gasteiger charge is -2.25. The van der Waals surface area contributed by atoms with Gasteiger partial charge in [0.25, 0.3) is 0 Å². The molecule has 0 amide bonds. The van der Waals surface area contributed by atoms with Crippen molar-refractivity contribution in [1.82, 2.24) is 15.3 Å². The smallest absolute Gasteiger partial charge is 0.222 e. The number of nitrogens with zero attached hydrogens (tertiary/aromatic N) is 2. The first kappa shape index (κ1) is 13.7. The van der Waals surface area contributed by atoms with Gasteiger partial charge in [0.1, 0.15) is 5.60 Å². The predicted molar refractivity (Wildman–Crippen MR) is 71.0 cm³/mol. The Balaban J connectivity index is 1.51. The number of aromatic nitrogens is 2. The van der Waals surface area contributed by atoms with Crippen LogP contribution in [0.3, 0.4) is 0 Å². The standard InChI is InChI=1S/C13H19FN4O2/c14-11-5-17-12(18-6-11)16-4-10-3-13(20-7-10)8-15-1-2-19-9-13/h5-6,10,15H,1-4,7-9H2,(H,16,17,18)/t10-,13-/m0/s1. The molecule has 1 spiro atoms. The quantitative estimate of drug-likeness (QED) is 0.837. The topological polar surface area (TPSA) is 68.3 Å². The third kappa shape index (κ3) is 3.23. The maximum absolute atomic E-state index is 12.7. The van der Waals surface area contributed by atoms with Gasteiger partial charge in [-0.2, -0.15) is 0 Å². The number of hydrogen-bond donors (Lipinski definition) is 2. The summed E-state index contributed by atoms with van der Waals surface area (Å²) in [5.41, 5.74) is -0.202. The lowest BCUT2D eigenvalue weighted by Crippen LogP contribution is -2.42. The molecule has 7 heteroatoms. The molecule has 0 unspecified atom stereocenters. The van der Waals surface area contributed by atoms with Gasteiger partial charge in [0.2, 0.25) is 5.95 Å². The van der Waals surface area contributed by atoms with E-state index < -0.39 is 5.82 Å². The van der Waals surface area contributed by atoms with Gasteiger partial charge in [-0.15, -0.1) is 0 Å². The van der Waals surface area contributed by atoms with Gasteiger partial charge >= 0.3 is 0 Å². The van der Waals surface area contributed by atoms with Crippen LogP contribution in [0.2, 0.25) is 0 Å². The van der Waals surface area contributed by atoms with Crippen LogP contribution in [-0.4, -0.2) is 55.0 Å². The fourth-order valence-electron chi connectivity index (χ4n) is 2.70. The van der Waals surface area contributed by atoms with Crippen LogP contribution in [0.15, 0.2) is 12.4 Å². The van der Waals surface area contributed by atoms with Gasteiger partial charge < -0.3 is 20.1 Å². The maximum Gasteiger partial charge on any atom is 0.222 e. The van der Waals surface area contributed by atoms with E-state index in [1.165, 1.54) is 0 Å². The van der Waals surface area contributed by atoms with Gasteiger partial charge in [-0.05, 0) is 6.42 Å². The van der Waals surface area contributed by atoms with E-state index in [4.69, 9.17) is 9.47 Å². The van der Waals surface area contributed by atoms with E-state index in [-0.39, 0.29) is 5.60 Å². The molecule has 2 aliphatic rings. The summed E-state index contributed by atoms with van der Waals surface area (Å²) in [5, 5.41) is 6.47. The monoisotopic (exact) mass is 282 g/mol. The zero-order valence-electron chi connectivity index (χ0n) is 11.3. The van der Waals surface area contributed by atoms with E-state index in [1.807, 2.05) is 0 Å². The Kier molecular flexibility index (Phi) is 4.09. The minimum Gasteiger partial charge on any atom is -0.377 e. The molecule has 0 bridgehead atoms. The molecule has 2 N–H and O–H groups in total. The number of rotatable bonds is 3. The lowest BCUT2D eigenvalue weighted by atomic mass is 9.95. The second kappa shape index (κ2) is 5.99. The van der Waals surface area contributed by atoms with Crippen molar-refractivity contribution in [2.75, 3.05) is 44.8 Å². The Bertz CT molecular complexity index is 435. The van der Waals surface area contributed by atoms with E-state index in [9.17, 15) is 4.39 Å². The second-order valence-corrected chi connectivity index (χ2v) is 5.40. The number of hydrogen-bond acceptors (Lipinski definition) is 6. The van der Waals surface area contributed by atoms with Crippen LogP contribution < -0.4 is 10.6 Å². The van der Waals surface area contributed by atoms with Gasteiger partial charge in [0, 0.05) is 25.6 Å². The Labute approximate surface area is 117 Å². The van der Waals surface area contributed by atoms with Crippen LogP contribution in [0, 0.1) is 11.7 Å². The minimum absolute atomic E-state index is 0.202. The molecule has 1 aromatic rings. The summed E-state index contributed by atoms with van der Waals surface area (Å²) in [6.45, 7) is 4.49. The second-order valence-electron chi connectivity index (χ2n) is 5.40. The summed E-state index contributed by atoms with van der Waals surface area (Å²) in [7, 11) is 0. The van der Waals surface area contributed by atoms with Crippen molar-refractivity contribution in [3.63, 3.8) is 0 Å². The highest BCUT2D eigenvalue weighted by Crippen LogP contribution is 2.30. The number of halogens is 1. The molecule has 20 heavy (non-hydrogen) atoms. The van der Waals surface area contributed by atoms with Crippen molar-refractivity contribution in [3.8, 4) is 0 Å². The van der Waals surface area contributed by atoms with E-state index in [1.54, 1.807) is 0 Å². The van der Waals surface area contributed by atoms with E-state index in [0.717, 1.165) is 38.5 Å². The zero-order chi connectivity index (χ0) is 13.8. The van der Waals surface area contributed by atoms with Crippen molar-refractivity contribution >= 4 is 5.95 Å². The van der Waals surface area contributed by atoms with E-state index in [0.29, 0.717) is 31.6 Å². The summed E-state index contributed by atoms with van der Waals surface area (Å²) < 4.78 is 24.2. The predicted octanol–water partition coefficient (Wildman–Crippen LogP) is 0.423. The molecule has 3 heterocycles. The highest BCUT2D eigenvalue weighted by Gasteiger charge is 2.41. The Morgan fingerprint density at radius 1 is 1.45 bits per heavy atom. The van der Waals surface area contributed by atoms with Crippen molar-refractivity contribution in [3.05, 3.63) is 18.2 Å². The SMILES string of the molecule is Fc1cnc(NC[C@H]2CO[C@]3(CNCCOC3)C2)nc1. The Morgan fingerprint density at radius 3 is 3.15 bits per heavy atom. The first-order valence-electron chi connectivity index (χ1n) is 6.90. The lowest BCUT2D eigenvalue weighted by molar-refractivity contribution is -0.0471. The van der Waals surface area contributed by atoms with Gasteiger partial charge in [-0.1, -0.05) is 0 Å².